The molecule has 5 rings (SSSR count). The molecule has 2 aromatic heterocycles. The summed E-state index contributed by atoms with van der Waals surface area (Å²) < 4.78 is 7.58. The number of amides is 1. The predicted octanol–water partition coefficient (Wildman–Crippen LogP) is 3.54. The minimum Gasteiger partial charge on any atom is -0.377 e. The van der Waals surface area contributed by atoms with E-state index in [9.17, 15) is 4.79 Å². The number of carbonyl (C=O) groups excluding carboxylic acids is 1. The summed E-state index contributed by atoms with van der Waals surface area (Å²) in [7, 11) is 0. The van der Waals surface area contributed by atoms with Crippen LogP contribution in [0, 0.1) is 0 Å². The summed E-state index contributed by atoms with van der Waals surface area (Å²) in [5.41, 5.74) is 2.39. The molecule has 1 atom stereocenters. The Morgan fingerprint density at radius 1 is 1.10 bits per heavy atom. The van der Waals surface area contributed by atoms with Gasteiger partial charge in [0.05, 0.1) is 22.2 Å². The normalized spacial score (nSPS) is 20.0. The third-order valence-electron chi connectivity index (χ3n) is 5.87. The molecule has 7 heteroatoms. The molecule has 2 aliphatic heterocycles. The number of ether oxygens (including phenoxy) is 1. The van der Waals surface area contributed by atoms with Crippen molar-refractivity contribution in [1.82, 2.24) is 19.6 Å². The number of hydrogen-bond donors (Lipinski definition) is 0. The minimum absolute atomic E-state index is 0.0670. The van der Waals surface area contributed by atoms with Gasteiger partial charge in [0.15, 0.2) is 0 Å². The van der Waals surface area contributed by atoms with Gasteiger partial charge in [-0.3, -0.25) is 9.69 Å². The van der Waals surface area contributed by atoms with E-state index in [0.717, 1.165) is 62.0 Å². The zero-order chi connectivity index (χ0) is 20.3. The van der Waals surface area contributed by atoms with Gasteiger partial charge in [0.1, 0.15) is 5.69 Å². The SMILES string of the molecule is O=C(c1cn(-c2ccccc2)nc1-c1cccs1)N1CCN(C[C@H]2CCCO2)CC1. The van der Waals surface area contributed by atoms with Gasteiger partial charge in [0.25, 0.3) is 5.91 Å². The van der Waals surface area contributed by atoms with E-state index < -0.39 is 0 Å². The molecular weight excluding hydrogens is 396 g/mol. The predicted molar refractivity (Wildman–Crippen MR) is 118 cm³/mol. The molecule has 0 N–H and O–H groups in total. The number of carbonyl (C=O) groups is 1. The van der Waals surface area contributed by atoms with Crippen LogP contribution in [0.1, 0.15) is 23.2 Å². The van der Waals surface area contributed by atoms with Crippen LogP contribution in [0.15, 0.2) is 54.0 Å². The molecule has 0 radical (unpaired) electrons. The van der Waals surface area contributed by atoms with Crippen molar-refractivity contribution >= 4 is 17.2 Å². The Kier molecular flexibility index (Phi) is 5.66. The number of aromatic nitrogens is 2. The Bertz CT molecular complexity index is 972. The second-order valence-corrected chi connectivity index (χ2v) is 8.82. The Morgan fingerprint density at radius 3 is 2.63 bits per heavy atom. The molecule has 156 valence electrons. The van der Waals surface area contributed by atoms with Gasteiger partial charge in [-0.1, -0.05) is 24.3 Å². The first-order valence-corrected chi connectivity index (χ1v) is 11.5. The molecule has 1 amide bonds. The molecule has 1 aromatic carbocycles. The molecule has 0 unspecified atom stereocenters. The van der Waals surface area contributed by atoms with E-state index in [4.69, 9.17) is 9.84 Å². The summed E-state index contributed by atoms with van der Waals surface area (Å²) in [6.45, 7) is 5.14. The van der Waals surface area contributed by atoms with Crippen molar-refractivity contribution in [3.8, 4) is 16.3 Å². The summed E-state index contributed by atoms with van der Waals surface area (Å²) in [6.07, 6.45) is 4.56. The van der Waals surface area contributed by atoms with Gasteiger partial charge >= 0.3 is 0 Å². The van der Waals surface area contributed by atoms with Gasteiger partial charge in [-0.2, -0.15) is 5.10 Å². The highest BCUT2D eigenvalue weighted by molar-refractivity contribution is 7.13. The second-order valence-electron chi connectivity index (χ2n) is 7.88. The fraction of sp³-hybridized carbons (Fsp3) is 0.391. The van der Waals surface area contributed by atoms with Gasteiger partial charge in [-0.25, -0.2) is 4.68 Å². The van der Waals surface area contributed by atoms with Crippen molar-refractivity contribution in [2.24, 2.45) is 0 Å². The number of benzene rings is 1. The van der Waals surface area contributed by atoms with Crippen LogP contribution in [0.2, 0.25) is 0 Å². The molecule has 0 saturated carbocycles. The number of para-hydroxylation sites is 1. The molecule has 2 fully saturated rings. The lowest BCUT2D eigenvalue weighted by Gasteiger charge is -2.35. The molecule has 6 nitrogen and oxygen atoms in total. The van der Waals surface area contributed by atoms with E-state index >= 15 is 0 Å². The van der Waals surface area contributed by atoms with Crippen LogP contribution in [-0.2, 0) is 4.74 Å². The highest BCUT2D eigenvalue weighted by atomic mass is 32.1. The third-order valence-corrected chi connectivity index (χ3v) is 6.74. The topological polar surface area (TPSA) is 50.6 Å². The van der Waals surface area contributed by atoms with Crippen LogP contribution in [0.25, 0.3) is 16.3 Å². The van der Waals surface area contributed by atoms with Gasteiger partial charge in [-0.15, -0.1) is 11.3 Å². The fourth-order valence-corrected chi connectivity index (χ4v) is 4.94. The molecule has 2 saturated heterocycles. The first-order valence-electron chi connectivity index (χ1n) is 10.6. The highest BCUT2D eigenvalue weighted by Gasteiger charge is 2.28. The standard InChI is InChI=1S/C23H26N4O2S/c28-23(26-12-10-25(11-13-26)16-19-8-4-14-29-19)20-17-27(18-6-2-1-3-7-18)24-22(20)21-9-5-15-30-21/h1-3,5-7,9,15,17,19H,4,8,10-14,16H2/t19-/m1/s1. The minimum atomic E-state index is 0.0670. The maximum atomic E-state index is 13.4. The molecule has 3 aromatic rings. The van der Waals surface area contributed by atoms with Crippen molar-refractivity contribution in [2.45, 2.75) is 18.9 Å². The van der Waals surface area contributed by atoms with Gasteiger partial charge in [0.2, 0.25) is 0 Å². The van der Waals surface area contributed by atoms with E-state index in [1.807, 2.05) is 63.6 Å². The second kappa shape index (κ2) is 8.71. The lowest BCUT2D eigenvalue weighted by Crippen LogP contribution is -2.50. The first-order chi connectivity index (χ1) is 14.8. The van der Waals surface area contributed by atoms with Crippen LogP contribution in [-0.4, -0.2) is 70.9 Å². The van der Waals surface area contributed by atoms with E-state index in [1.165, 1.54) is 6.42 Å². The summed E-state index contributed by atoms with van der Waals surface area (Å²) in [6, 6.07) is 14.0. The van der Waals surface area contributed by atoms with E-state index in [0.29, 0.717) is 11.7 Å². The number of rotatable bonds is 5. The zero-order valence-corrected chi connectivity index (χ0v) is 17.8. The zero-order valence-electron chi connectivity index (χ0n) is 16.9. The highest BCUT2D eigenvalue weighted by Crippen LogP contribution is 2.29. The lowest BCUT2D eigenvalue weighted by atomic mass is 10.1. The molecular formula is C23H26N4O2S. The van der Waals surface area contributed by atoms with Crippen molar-refractivity contribution in [3.63, 3.8) is 0 Å². The van der Waals surface area contributed by atoms with Crippen molar-refractivity contribution in [1.29, 1.82) is 0 Å². The van der Waals surface area contributed by atoms with Crippen molar-refractivity contribution in [2.75, 3.05) is 39.3 Å². The van der Waals surface area contributed by atoms with Crippen LogP contribution in [0.4, 0.5) is 0 Å². The van der Waals surface area contributed by atoms with Crippen molar-refractivity contribution in [3.05, 3.63) is 59.6 Å². The monoisotopic (exact) mass is 422 g/mol. The van der Waals surface area contributed by atoms with Crippen LogP contribution in [0.5, 0.6) is 0 Å². The fourth-order valence-electron chi connectivity index (χ4n) is 4.22. The maximum Gasteiger partial charge on any atom is 0.257 e. The largest absolute Gasteiger partial charge is 0.377 e. The quantitative estimate of drug-likeness (QED) is 0.631. The van der Waals surface area contributed by atoms with E-state index in [1.54, 1.807) is 11.3 Å². The number of piperazine rings is 1. The van der Waals surface area contributed by atoms with E-state index in [2.05, 4.69) is 4.90 Å². The van der Waals surface area contributed by atoms with Crippen LogP contribution < -0.4 is 0 Å². The lowest BCUT2D eigenvalue weighted by molar-refractivity contribution is 0.0433. The van der Waals surface area contributed by atoms with Crippen LogP contribution in [0.3, 0.4) is 0 Å². The van der Waals surface area contributed by atoms with Gasteiger partial charge in [-0.05, 0) is 36.4 Å². The first kappa shape index (κ1) is 19.5. The number of nitrogens with zero attached hydrogens (tertiary/aromatic N) is 4. The molecule has 0 aliphatic carbocycles. The van der Waals surface area contributed by atoms with Crippen LogP contribution >= 0.6 is 11.3 Å². The average molecular weight is 423 g/mol. The molecule has 2 aliphatic rings. The smallest absolute Gasteiger partial charge is 0.257 e. The Morgan fingerprint density at radius 2 is 1.93 bits per heavy atom. The van der Waals surface area contributed by atoms with Gasteiger partial charge in [0, 0.05) is 45.5 Å². The number of hydrogen-bond acceptors (Lipinski definition) is 5. The summed E-state index contributed by atoms with van der Waals surface area (Å²) in [5, 5.41) is 6.80. The molecule has 0 spiro atoms. The number of thiophene rings is 1. The van der Waals surface area contributed by atoms with E-state index in [-0.39, 0.29) is 5.91 Å². The Balaban J connectivity index is 1.34. The Labute approximate surface area is 180 Å². The Hall–Kier alpha value is -2.48. The average Bonchev–Trinajstić information content (AvgIpc) is 3.55. The summed E-state index contributed by atoms with van der Waals surface area (Å²) in [5.74, 6) is 0.0670. The third kappa shape index (κ3) is 4.05. The van der Waals surface area contributed by atoms with Gasteiger partial charge < -0.3 is 9.64 Å². The van der Waals surface area contributed by atoms with Crippen molar-refractivity contribution < 1.29 is 9.53 Å². The summed E-state index contributed by atoms with van der Waals surface area (Å²) >= 11 is 1.61. The summed E-state index contributed by atoms with van der Waals surface area (Å²) in [4.78, 5) is 18.9. The molecule has 30 heavy (non-hydrogen) atoms. The molecule has 4 heterocycles. The maximum absolute atomic E-state index is 13.4. The molecule has 0 bridgehead atoms.